The summed E-state index contributed by atoms with van der Waals surface area (Å²) in [7, 11) is 0. The van der Waals surface area contributed by atoms with Crippen molar-refractivity contribution < 1.29 is 18.0 Å². The quantitative estimate of drug-likeness (QED) is 0.657. The maximum Gasteiger partial charge on any atom is 0.389 e. The molecule has 0 spiro atoms. The van der Waals surface area contributed by atoms with Gasteiger partial charge < -0.3 is 4.90 Å². The fraction of sp³-hybridized carbons (Fsp3) is 0.700. The maximum absolute atomic E-state index is 12.7. The van der Waals surface area contributed by atoms with Gasteiger partial charge in [-0.05, 0) is 24.7 Å². The van der Waals surface area contributed by atoms with Gasteiger partial charge >= 0.3 is 6.18 Å². The first-order valence-electron chi connectivity index (χ1n) is 9.77. The second kappa shape index (κ2) is 7.47. The first kappa shape index (κ1) is 21.3. The van der Waals surface area contributed by atoms with Crippen molar-refractivity contribution in [3.05, 3.63) is 22.2 Å². The number of ketones is 1. The molecule has 0 atom stereocenters. The topological polar surface area (TPSA) is 79.0 Å². The summed E-state index contributed by atoms with van der Waals surface area (Å²) in [6, 6.07) is 3.48. The van der Waals surface area contributed by atoms with E-state index in [4.69, 9.17) is 5.26 Å². The van der Waals surface area contributed by atoms with Gasteiger partial charge in [0.05, 0.1) is 18.0 Å². The molecular formula is C20H25F3N4O2. The molecule has 0 unspecified atom stereocenters. The summed E-state index contributed by atoms with van der Waals surface area (Å²) in [4.78, 5) is 31.4. The van der Waals surface area contributed by atoms with E-state index in [0.717, 1.165) is 0 Å². The highest BCUT2D eigenvalue weighted by Crippen LogP contribution is 2.48. The zero-order valence-electron chi connectivity index (χ0n) is 16.7. The van der Waals surface area contributed by atoms with Gasteiger partial charge in [0.2, 0.25) is 0 Å². The van der Waals surface area contributed by atoms with Gasteiger partial charge in [-0.25, -0.2) is 4.98 Å². The molecule has 1 aliphatic heterocycles. The Balaban J connectivity index is 1.80. The standard InChI is InChI=1S/C20H25F3N4O2/c1-18(2)12-26(13-18)16-8-17(29)27(10-14(28)9-19(11-24)6-7-19)15(25-16)4-3-5-20(21,22)23/h8H,3-7,9-10,12-13H2,1-2H3. The summed E-state index contributed by atoms with van der Waals surface area (Å²) in [6.07, 6.45) is -4.15. The summed E-state index contributed by atoms with van der Waals surface area (Å²) in [5, 5.41) is 9.15. The third kappa shape index (κ3) is 5.37. The molecule has 9 heteroatoms. The number of aryl methyl sites for hydroxylation is 1. The fourth-order valence-electron chi connectivity index (χ4n) is 3.75. The van der Waals surface area contributed by atoms with Crippen molar-refractivity contribution >= 4 is 11.6 Å². The van der Waals surface area contributed by atoms with Gasteiger partial charge in [0.15, 0.2) is 5.78 Å². The Kier molecular flexibility index (Phi) is 5.50. The molecule has 2 heterocycles. The molecule has 1 saturated carbocycles. The van der Waals surface area contributed by atoms with Gasteiger partial charge in [0.1, 0.15) is 11.6 Å². The van der Waals surface area contributed by atoms with E-state index in [1.807, 2.05) is 4.90 Å². The monoisotopic (exact) mass is 410 g/mol. The molecule has 29 heavy (non-hydrogen) atoms. The number of carbonyl (C=O) groups excluding carboxylic acids is 1. The molecule has 2 aliphatic rings. The van der Waals surface area contributed by atoms with Crippen LogP contribution in [0, 0.1) is 22.2 Å². The van der Waals surface area contributed by atoms with Gasteiger partial charge in [-0.2, -0.15) is 18.4 Å². The van der Waals surface area contributed by atoms with Crippen LogP contribution in [0.1, 0.15) is 51.8 Å². The highest BCUT2D eigenvalue weighted by Gasteiger charge is 2.44. The van der Waals surface area contributed by atoms with Gasteiger partial charge in [0.25, 0.3) is 5.56 Å². The number of halogens is 3. The lowest BCUT2D eigenvalue weighted by Crippen LogP contribution is -2.53. The van der Waals surface area contributed by atoms with E-state index >= 15 is 0 Å². The lowest BCUT2D eigenvalue weighted by molar-refractivity contribution is -0.135. The van der Waals surface area contributed by atoms with E-state index in [2.05, 4.69) is 24.9 Å². The van der Waals surface area contributed by atoms with Crippen LogP contribution >= 0.6 is 0 Å². The SMILES string of the molecule is CC1(C)CN(c2cc(=O)n(CC(=O)CC3(C#N)CC3)c(CCCC(F)(F)F)n2)C1. The van der Waals surface area contributed by atoms with E-state index in [-0.39, 0.29) is 42.8 Å². The largest absolute Gasteiger partial charge is 0.389 e. The summed E-state index contributed by atoms with van der Waals surface area (Å²) in [6.45, 7) is 5.31. The third-order valence-corrected chi connectivity index (χ3v) is 5.46. The van der Waals surface area contributed by atoms with Crippen LogP contribution in [0.15, 0.2) is 10.9 Å². The number of hydrogen-bond acceptors (Lipinski definition) is 5. The van der Waals surface area contributed by atoms with Crippen molar-refractivity contribution in [3.63, 3.8) is 0 Å². The maximum atomic E-state index is 12.7. The van der Waals surface area contributed by atoms with Crippen LogP contribution in [0.4, 0.5) is 19.0 Å². The van der Waals surface area contributed by atoms with Gasteiger partial charge in [-0.15, -0.1) is 0 Å². The van der Waals surface area contributed by atoms with Crippen molar-refractivity contribution in [3.8, 4) is 6.07 Å². The van der Waals surface area contributed by atoms with E-state index in [1.54, 1.807) is 0 Å². The number of nitrogens with zero attached hydrogens (tertiary/aromatic N) is 4. The van der Waals surface area contributed by atoms with Crippen LogP contribution in [0.5, 0.6) is 0 Å². The van der Waals surface area contributed by atoms with Gasteiger partial charge in [-0.1, -0.05) is 13.8 Å². The molecule has 3 rings (SSSR count). The number of carbonyl (C=O) groups is 1. The van der Waals surface area contributed by atoms with Gasteiger partial charge in [-0.3, -0.25) is 14.2 Å². The molecule has 6 nitrogen and oxygen atoms in total. The molecule has 158 valence electrons. The summed E-state index contributed by atoms with van der Waals surface area (Å²) in [5.41, 5.74) is -0.983. The molecule has 1 aromatic rings. The fourth-order valence-corrected chi connectivity index (χ4v) is 3.75. The van der Waals surface area contributed by atoms with Crippen LogP contribution < -0.4 is 10.5 Å². The minimum atomic E-state index is -4.29. The Morgan fingerprint density at radius 2 is 1.97 bits per heavy atom. The van der Waals surface area contributed by atoms with E-state index in [1.165, 1.54) is 10.6 Å². The van der Waals surface area contributed by atoms with Crippen LogP contribution in [0.2, 0.25) is 0 Å². The van der Waals surface area contributed by atoms with Crippen LogP contribution in [0.25, 0.3) is 0 Å². The second-order valence-electron chi connectivity index (χ2n) is 9.05. The van der Waals surface area contributed by atoms with E-state index < -0.39 is 23.6 Å². The highest BCUT2D eigenvalue weighted by atomic mass is 19.4. The molecule has 0 radical (unpaired) electrons. The normalized spacial score (nSPS) is 19.4. The highest BCUT2D eigenvalue weighted by molar-refractivity contribution is 5.80. The number of anilines is 1. The first-order valence-corrected chi connectivity index (χ1v) is 9.77. The Morgan fingerprint density at radius 1 is 1.31 bits per heavy atom. The average Bonchev–Trinajstić information content (AvgIpc) is 3.34. The van der Waals surface area contributed by atoms with Crippen LogP contribution in [-0.4, -0.2) is 34.6 Å². The van der Waals surface area contributed by atoms with Gasteiger partial charge in [0, 0.05) is 38.4 Å². The molecule has 1 aromatic heterocycles. The van der Waals surface area contributed by atoms with Crippen molar-refractivity contribution in [2.75, 3.05) is 18.0 Å². The number of nitriles is 1. The van der Waals surface area contributed by atoms with Crippen molar-refractivity contribution in [2.24, 2.45) is 10.8 Å². The minimum Gasteiger partial charge on any atom is -0.355 e. The number of hydrogen-bond donors (Lipinski definition) is 0. The molecule has 0 aromatic carbocycles. The molecule has 0 N–H and O–H groups in total. The number of aromatic nitrogens is 2. The van der Waals surface area contributed by atoms with Crippen molar-refractivity contribution in [1.82, 2.24) is 9.55 Å². The third-order valence-electron chi connectivity index (χ3n) is 5.46. The Labute approximate surface area is 167 Å². The Bertz CT molecular complexity index is 886. The molecular weight excluding hydrogens is 385 g/mol. The van der Waals surface area contributed by atoms with E-state index in [9.17, 15) is 22.8 Å². The second-order valence-corrected chi connectivity index (χ2v) is 9.05. The summed E-state index contributed by atoms with van der Waals surface area (Å²) in [5.74, 6) is 0.357. The number of alkyl halides is 3. The lowest BCUT2D eigenvalue weighted by Gasteiger charge is -2.46. The Morgan fingerprint density at radius 3 is 2.48 bits per heavy atom. The van der Waals surface area contributed by atoms with Crippen LogP contribution in [0.3, 0.4) is 0 Å². The molecule has 1 aliphatic carbocycles. The van der Waals surface area contributed by atoms with Crippen molar-refractivity contribution in [1.29, 1.82) is 5.26 Å². The summed E-state index contributed by atoms with van der Waals surface area (Å²) < 4.78 is 38.8. The smallest absolute Gasteiger partial charge is 0.355 e. The van der Waals surface area contributed by atoms with E-state index in [0.29, 0.717) is 31.7 Å². The van der Waals surface area contributed by atoms with Crippen LogP contribution in [-0.2, 0) is 17.8 Å². The zero-order valence-corrected chi connectivity index (χ0v) is 16.7. The number of Topliss-reactive ketones (excluding diaryl/α,β-unsaturated/α-hetero) is 1. The number of rotatable bonds is 8. The average molecular weight is 410 g/mol. The lowest BCUT2D eigenvalue weighted by atomic mass is 9.84. The molecule has 0 bridgehead atoms. The zero-order chi connectivity index (χ0) is 21.4. The summed E-state index contributed by atoms with van der Waals surface area (Å²) >= 11 is 0. The molecule has 0 amide bonds. The molecule has 2 fully saturated rings. The Hall–Kier alpha value is -2.37. The minimum absolute atomic E-state index is 0.0451. The first-order chi connectivity index (χ1) is 13.4. The molecule has 1 saturated heterocycles. The van der Waals surface area contributed by atoms with Crippen molar-refractivity contribution in [2.45, 2.75) is 65.1 Å². The predicted octanol–water partition coefficient (Wildman–Crippen LogP) is 3.24. The predicted molar refractivity (Wildman–Crippen MR) is 100 cm³/mol.